The highest BCUT2D eigenvalue weighted by Gasteiger charge is 1.91. The van der Waals surface area contributed by atoms with Gasteiger partial charge in [-0.25, -0.2) is 9.97 Å². The Labute approximate surface area is 77.0 Å². The van der Waals surface area contributed by atoms with E-state index in [2.05, 4.69) is 28.1 Å². The Kier molecular flexibility index (Phi) is 5.84. The van der Waals surface area contributed by atoms with E-state index in [0.717, 1.165) is 4.90 Å². The topological polar surface area (TPSA) is 37.8 Å². The number of rotatable bonds is 2. The minimum Gasteiger partial charge on any atom is -0.357 e. The number of anilines is 1. The Balaban J connectivity index is 0.000000561. The fraction of sp³-hybridized carbons (Fsp3) is 0.250. The van der Waals surface area contributed by atoms with Crippen LogP contribution in [0.4, 0.5) is 5.95 Å². The van der Waals surface area contributed by atoms with Crippen molar-refractivity contribution in [3.63, 3.8) is 0 Å². The molecule has 4 heteroatoms. The first kappa shape index (κ1) is 10.8. The Morgan fingerprint density at radius 1 is 1.33 bits per heavy atom. The van der Waals surface area contributed by atoms with E-state index in [1.807, 2.05) is 6.26 Å². The van der Waals surface area contributed by atoms with Crippen LogP contribution in [0.15, 0.2) is 17.3 Å². The van der Waals surface area contributed by atoms with Crippen LogP contribution in [0, 0.1) is 12.8 Å². The van der Waals surface area contributed by atoms with Gasteiger partial charge in [0, 0.05) is 24.3 Å². The molecule has 0 aliphatic heterocycles. The van der Waals surface area contributed by atoms with Crippen molar-refractivity contribution in [2.75, 3.05) is 18.6 Å². The third kappa shape index (κ3) is 3.26. The summed E-state index contributed by atoms with van der Waals surface area (Å²) < 4.78 is 0. The molecule has 0 radical (unpaired) electrons. The molecule has 0 bridgehead atoms. The molecule has 0 saturated carbocycles. The number of nitrogens with zero attached hydrogens (tertiary/aromatic N) is 2. The van der Waals surface area contributed by atoms with Crippen LogP contribution in [0.1, 0.15) is 0 Å². The quantitative estimate of drug-likeness (QED) is 0.554. The summed E-state index contributed by atoms with van der Waals surface area (Å²) in [6, 6.07) is 0. The maximum Gasteiger partial charge on any atom is 0.222 e. The van der Waals surface area contributed by atoms with Crippen LogP contribution in [0.25, 0.3) is 0 Å². The van der Waals surface area contributed by atoms with Gasteiger partial charge >= 0.3 is 0 Å². The summed E-state index contributed by atoms with van der Waals surface area (Å²) in [4.78, 5) is 9.13. The van der Waals surface area contributed by atoms with Gasteiger partial charge in [-0.3, -0.25) is 0 Å². The van der Waals surface area contributed by atoms with Crippen LogP contribution in [0.2, 0.25) is 0 Å². The minimum absolute atomic E-state index is 0.665. The van der Waals surface area contributed by atoms with E-state index in [4.69, 9.17) is 0 Å². The zero-order valence-electron chi connectivity index (χ0n) is 7.11. The monoisotopic (exact) mass is 181 g/mol. The molecule has 3 nitrogen and oxygen atoms in total. The van der Waals surface area contributed by atoms with Gasteiger partial charge in [-0.15, -0.1) is 24.6 Å². The van der Waals surface area contributed by atoms with Crippen LogP contribution in [-0.2, 0) is 0 Å². The van der Waals surface area contributed by atoms with Crippen molar-refractivity contribution < 1.29 is 0 Å². The van der Waals surface area contributed by atoms with E-state index in [9.17, 15) is 0 Å². The summed E-state index contributed by atoms with van der Waals surface area (Å²) >= 11 is 1.64. The highest BCUT2D eigenvalue weighted by molar-refractivity contribution is 7.98. The molecule has 1 rings (SSSR count). The fourth-order valence-electron chi connectivity index (χ4n) is 0.551. The maximum absolute atomic E-state index is 4.02. The molecular weight excluding hydrogens is 170 g/mol. The SMILES string of the molecule is C#C.CNc1ncc(SC)cn1. The van der Waals surface area contributed by atoms with Gasteiger partial charge in [0.1, 0.15) is 0 Å². The summed E-state index contributed by atoms with van der Waals surface area (Å²) in [5, 5.41) is 2.85. The van der Waals surface area contributed by atoms with Crippen LogP contribution in [0.3, 0.4) is 0 Å². The molecular formula is C8H11N3S. The number of thioether (sulfide) groups is 1. The first-order chi connectivity index (χ1) is 5.86. The van der Waals surface area contributed by atoms with E-state index < -0.39 is 0 Å². The van der Waals surface area contributed by atoms with Crippen molar-refractivity contribution in [2.45, 2.75) is 4.90 Å². The Morgan fingerprint density at radius 2 is 1.83 bits per heavy atom. The number of terminal acetylenes is 1. The van der Waals surface area contributed by atoms with Crippen molar-refractivity contribution in [3.05, 3.63) is 12.4 Å². The predicted molar refractivity (Wildman–Crippen MR) is 53.2 cm³/mol. The van der Waals surface area contributed by atoms with Gasteiger partial charge in [0.25, 0.3) is 0 Å². The van der Waals surface area contributed by atoms with Gasteiger partial charge in [0.15, 0.2) is 0 Å². The molecule has 64 valence electrons. The molecule has 0 spiro atoms. The van der Waals surface area contributed by atoms with E-state index in [1.54, 1.807) is 31.2 Å². The summed E-state index contributed by atoms with van der Waals surface area (Å²) in [5.74, 6) is 0.665. The molecule has 0 aliphatic rings. The third-order valence-corrected chi connectivity index (χ3v) is 1.77. The first-order valence-electron chi connectivity index (χ1n) is 3.24. The van der Waals surface area contributed by atoms with Gasteiger partial charge in [0.2, 0.25) is 5.95 Å². The predicted octanol–water partition coefficient (Wildman–Crippen LogP) is 1.49. The highest BCUT2D eigenvalue weighted by Crippen LogP contribution is 2.11. The standard InChI is InChI=1S/C6H9N3S.C2H2/c1-7-6-8-3-5(10-2)4-9-6;1-2/h3-4H,1-2H3,(H,7,8,9);1-2H. The number of aromatic nitrogens is 2. The molecule has 0 unspecified atom stereocenters. The molecule has 1 aromatic heterocycles. The van der Waals surface area contributed by atoms with Crippen molar-refractivity contribution in [2.24, 2.45) is 0 Å². The maximum atomic E-state index is 4.02. The van der Waals surface area contributed by atoms with Crippen LogP contribution in [0.5, 0.6) is 0 Å². The molecule has 0 saturated heterocycles. The molecule has 0 aromatic carbocycles. The largest absolute Gasteiger partial charge is 0.357 e. The summed E-state index contributed by atoms with van der Waals surface area (Å²) in [7, 11) is 1.80. The zero-order valence-corrected chi connectivity index (χ0v) is 7.93. The van der Waals surface area contributed by atoms with Crippen molar-refractivity contribution >= 4 is 17.7 Å². The van der Waals surface area contributed by atoms with E-state index >= 15 is 0 Å². The normalized spacial score (nSPS) is 8.00. The lowest BCUT2D eigenvalue weighted by Crippen LogP contribution is -1.94. The smallest absolute Gasteiger partial charge is 0.222 e. The highest BCUT2D eigenvalue weighted by atomic mass is 32.2. The molecule has 0 amide bonds. The second-order valence-electron chi connectivity index (χ2n) is 1.70. The lowest BCUT2D eigenvalue weighted by molar-refractivity contribution is 1.09. The average Bonchev–Trinajstić information content (AvgIpc) is 2.21. The van der Waals surface area contributed by atoms with Gasteiger partial charge in [-0.2, -0.15) is 0 Å². The van der Waals surface area contributed by atoms with E-state index in [-0.39, 0.29) is 0 Å². The van der Waals surface area contributed by atoms with Crippen LogP contribution >= 0.6 is 11.8 Å². The molecule has 0 atom stereocenters. The van der Waals surface area contributed by atoms with Gasteiger partial charge in [-0.1, -0.05) is 0 Å². The minimum atomic E-state index is 0.665. The summed E-state index contributed by atoms with van der Waals surface area (Å²) in [6.07, 6.45) is 13.6. The van der Waals surface area contributed by atoms with E-state index in [1.165, 1.54) is 0 Å². The Morgan fingerprint density at radius 3 is 2.17 bits per heavy atom. The van der Waals surface area contributed by atoms with Gasteiger partial charge in [-0.05, 0) is 6.26 Å². The lowest BCUT2D eigenvalue weighted by atomic mass is 10.7. The van der Waals surface area contributed by atoms with E-state index in [0.29, 0.717) is 5.95 Å². The van der Waals surface area contributed by atoms with Gasteiger partial charge in [0.05, 0.1) is 0 Å². The van der Waals surface area contributed by atoms with Gasteiger partial charge < -0.3 is 5.32 Å². The summed E-state index contributed by atoms with van der Waals surface area (Å²) in [6.45, 7) is 0. The molecule has 1 N–H and O–H groups in total. The first-order valence-corrected chi connectivity index (χ1v) is 4.46. The zero-order chi connectivity index (χ0) is 9.40. The molecule has 1 heterocycles. The third-order valence-electron chi connectivity index (χ3n) is 1.09. The van der Waals surface area contributed by atoms with Crippen LogP contribution in [-0.4, -0.2) is 23.3 Å². The number of nitrogens with one attached hydrogen (secondary N) is 1. The lowest BCUT2D eigenvalue weighted by Gasteiger charge is -1.96. The second-order valence-corrected chi connectivity index (χ2v) is 2.58. The molecule has 1 aromatic rings. The Bertz CT molecular complexity index is 207. The fourth-order valence-corrected chi connectivity index (χ4v) is 0.867. The Hall–Kier alpha value is -1.21. The van der Waals surface area contributed by atoms with Crippen LogP contribution < -0.4 is 5.32 Å². The van der Waals surface area contributed by atoms with Crippen molar-refractivity contribution in [1.82, 2.24) is 9.97 Å². The second kappa shape index (κ2) is 6.50. The van der Waals surface area contributed by atoms with Crippen molar-refractivity contribution in [3.8, 4) is 12.8 Å². The molecule has 12 heavy (non-hydrogen) atoms. The van der Waals surface area contributed by atoms with Crippen molar-refractivity contribution in [1.29, 1.82) is 0 Å². The summed E-state index contributed by atoms with van der Waals surface area (Å²) in [5.41, 5.74) is 0. The number of hydrogen-bond acceptors (Lipinski definition) is 4. The number of hydrogen-bond donors (Lipinski definition) is 1. The average molecular weight is 181 g/mol. The molecule has 0 fully saturated rings. The molecule has 0 aliphatic carbocycles.